The van der Waals surface area contributed by atoms with Gasteiger partial charge in [0.1, 0.15) is 5.82 Å². The fourth-order valence-electron chi connectivity index (χ4n) is 3.57. The first kappa shape index (κ1) is 14.5. The number of aliphatic hydroxyl groups is 1. The third kappa shape index (κ3) is 2.54. The van der Waals surface area contributed by atoms with Crippen molar-refractivity contribution in [2.75, 3.05) is 6.54 Å². The van der Waals surface area contributed by atoms with E-state index < -0.39 is 5.60 Å². The van der Waals surface area contributed by atoms with Crippen molar-refractivity contribution in [2.45, 2.75) is 45.1 Å². The molecular formula is C16H24FNO. The van der Waals surface area contributed by atoms with E-state index in [9.17, 15) is 9.50 Å². The van der Waals surface area contributed by atoms with Gasteiger partial charge in [0.15, 0.2) is 0 Å². The van der Waals surface area contributed by atoms with Gasteiger partial charge in [0.05, 0.1) is 5.60 Å². The zero-order chi connectivity index (χ0) is 14.1. The molecule has 1 aliphatic rings. The van der Waals surface area contributed by atoms with E-state index in [0.29, 0.717) is 12.5 Å². The maximum absolute atomic E-state index is 13.1. The molecule has 2 nitrogen and oxygen atoms in total. The highest BCUT2D eigenvalue weighted by atomic mass is 19.1. The number of hydrogen-bond donors (Lipinski definition) is 2. The van der Waals surface area contributed by atoms with Crippen LogP contribution >= 0.6 is 0 Å². The van der Waals surface area contributed by atoms with Crippen LogP contribution in [0.15, 0.2) is 24.3 Å². The molecule has 3 heteroatoms. The molecule has 1 aromatic rings. The van der Waals surface area contributed by atoms with E-state index >= 15 is 0 Å². The summed E-state index contributed by atoms with van der Waals surface area (Å²) in [7, 11) is 0. The quantitative estimate of drug-likeness (QED) is 0.881. The van der Waals surface area contributed by atoms with Crippen molar-refractivity contribution >= 4 is 0 Å². The van der Waals surface area contributed by atoms with Crippen LogP contribution in [0.25, 0.3) is 0 Å². The summed E-state index contributed by atoms with van der Waals surface area (Å²) in [4.78, 5) is 0. The zero-order valence-electron chi connectivity index (χ0n) is 11.8. The van der Waals surface area contributed by atoms with Crippen LogP contribution in [0, 0.1) is 17.2 Å². The van der Waals surface area contributed by atoms with Crippen molar-refractivity contribution < 1.29 is 9.50 Å². The standard InChI is InChI=1S/C16H24FNO/c1-12-4-3-9-16(10-12,11-18)15(2,19)13-5-7-14(17)8-6-13/h5-8,12,19H,3-4,9-11,18H2,1-2H3. The fraction of sp³-hybridized carbons (Fsp3) is 0.625. The number of hydrogen-bond acceptors (Lipinski definition) is 2. The maximum atomic E-state index is 13.1. The molecule has 2 rings (SSSR count). The van der Waals surface area contributed by atoms with Gasteiger partial charge in [-0.15, -0.1) is 0 Å². The minimum absolute atomic E-state index is 0.279. The normalized spacial score (nSPS) is 30.9. The van der Waals surface area contributed by atoms with Crippen LogP contribution < -0.4 is 5.73 Å². The van der Waals surface area contributed by atoms with E-state index in [1.165, 1.54) is 18.6 Å². The van der Waals surface area contributed by atoms with Gasteiger partial charge in [-0.3, -0.25) is 0 Å². The summed E-state index contributed by atoms with van der Waals surface area (Å²) in [5, 5.41) is 11.1. The Morgan fingerprint density at radius 1 is 1.42 bits per heavy atom. The predicted molar refractivity (Wildman–Crippen MR) is 75.1 cm³/mol. The van der Waals surface area contributed by atoms with Gasteiger partial charge in [0, 0.05) is 12.0 Å². The van der Waals surface area contributed by atoms with Gasteiger partial charge in [-0.25, -0.2) is 4.39 Å². The van der Waals surface area contributed by atoms with Gasteiger partial charge < -0.3 is 10.8 Å². The molecule has 0 aromatic heterocycles. The third-order valence-corrected chi connectivity index (χ3v) is 4.92. The summed E-state index contributed by atoms with van der Waals surface area (Å²) >= 11 is 0. The van der Waals surface area contributed by atoms with Gasteiger partial charge in [-0.05, 0) is 43.4 Å². The summed E-state index contributed by atoms with van der Waals surface area (Å²) < 4.78 is 13.1. The molecule has 0 aliphatic heterocycles. The van der Waals surface area contributed by atoms with Crippen molar-refractivity contribution in [3.63, 3.8) is 0 Å². The van der Waals surface area contributed by atoms with Crippen molar-refractivity contribution in [1.82, 2.24) is 0 Å². The predicted octanol–water partition coefficient (Wildman–Crippen LogP) is 3.19. The fourth-order valence-corrected chi connectivity index (χ4v) is 3.57. The minimum Gasteiger partial charge on any atom is -0.385 e. The Morgan fingerprint density at radius 2 is 2.05 bits per heavy atom. The van der Waals surface area contributed by atoms with Crippen LogP contribution in [0.2, 0.25) is 0 Å². The number of nitrogens with two attached hydrogens (primary N) is 1. The Kier molecular flexibility index (Phi) is 3.98. The lowest BCUT2D eigenvalue weighted by molar-refractivity contribution is -0.101. The Bertz CT molecular complexity index is 429. The van der Waals surface area contributed by atoms with E-state index in [0.717, 1.165) is 24.8 Å². The van der Waals surface area contributed by atoms with E-state index in [-0.39, 0.29) is 11.2 Å². The highest BCUT2D eigenvalue weighted by Crippen LogP contribution is 2.50. The lowest BCUT2D eigenvalue weighted by atomic mass is 9.59. The van der Waals surface area contributed by atoms with Gasteiger partial charge in [0.25, 0.3) is 0 Å². The van der Waals surface area contributed by atoms with Crippen molar-refractivity contribution in [3.05, 3.63) is 35.6 Å². The summed E-state index contributed by atoms with van der Waals surface area (Å²) in [6.45, 7) is 4.50. The molecule has 106 valence electrons. The highest BCUT2D eigenvalue weighted by Gasteiger charge is 2.48. The monoisotopic (exact) mass is 265 g/mol. The summed E-state index contributed by atoms with van der Waals surface area (Å²) in [5.41, 5.74) is 5.46. The van der Waals surface area contributed by atoms with E-state index in [4.69, 9.17) is 5.73 Å². The third-order valence-electron chi connectivity index (χ3n) is 4.92. The van der Waals surface area contributed by atoms with Gasteiger partial charge in [0.2, 0.25) is 0 Å². The summed E-state index contributed by atoms with van der Waals surface area (Å²) in [5.74, 6) is 0.294. The van der Waals surface area contributed by atoms with E-state index in [1.54, 1.807) is 12.1 Å². The molecule has 1 aliphatic carbocycles. The largest absolute Gasteiger partial charge is 0.385 e. The molecule has 0 amide bonds. The molecule has 3 atom stereocenters. The molecule has 0 bridgehead atoms. The molecule has 3 N–H and O–H groups in total. The van der Waals surface area contributed by atoms with E-state index in [1.807, 2.05) is 6.92 Å². The first-order valence-electron chi connectivity index (χ1n) is 7.10. The minimum atomic E-state index is -1.01. The average molecular weight is 265 g/mol. The molecule has 19 heavy (non-hydrogen) atoms. The molecule has 0 spiro atoms. The van der Waals surface area contributed by atoms with E-state index in [2.05, 4.69) is 6.92 Å². The molecule has 3 unspecified atom stereocenters. The lowest BCUT2D eigenvalue weighted by Gasteiger charge is -2.49. The summed E-state index contributed by atoms with van der Waals surface area (Å²) in [6.07, 6.45) is 4.14. The molecule has 0 saturated heterocycles. The van der Waals surface area contributed by atoms with Crippen LogP contribution in [0.4, 0.5) is 4.39 Å². The second-order valence-corrected chi connectivity index (χ2v) is 6.27. The molecule has 0 radical (unpaired) electrons. The summed E-state index contributed by atoms with van der Waals surface area (Å²) in [6, 6.07) is 6.15. The first-order chi connectivity index (χ1) is 8.91. The second kappa shape index (κ2) is 5.22. The molecule has 0 heterocycles. The molecular weight excluding hydrogens is 241 g/mol. The van der Waals surface area contributed by atoms with Crippen molar-refractivity contribution in [3.8, 4) is 0 Å². The Morgan fingerprint density at radius 3 is 2.58 bits per heavy atom. The number of halogens is 1. The smallest absolute Gasteiger partial charge is 0.123 e. The first-order valence-corrected chi connectivity index (χ1v) is 7.10. The highest BCUT2D eigenvalue weighted by molar-refractivity contribution is 5.26. The zero-order valence-corrected chi connectivity index (χ0v) is 11.8. The second-order valence-electron chi connectivity index (χ2n) is 6.27. The molecule has 1 saturated carbocycles. The number of benzene rings is 1. The molecule has 1 aromatic carbocycles. The maximum Gasteiger partial charge on any atom is 0.123 e. The van der Waals surface area contributed by atoms with Gasteiger partial charge in [-0.2, -0.15) is 0 Å². The Hall–Kier alpha value is -0.930. The Labute approximate surface area is 114 Å². The van der Waals surface area contributed by atoms with Gasteiger partial charge >= 0.3 is 0 Å². The topological polar surface area (TPSA) is 46.2 Å². The van der Waals surface area contributed by atoms with Crippen LogP contribution in [0.3, 0.4) is 0 Å². The van der Waals surface area contributed by atoms with Crippen molar-refractivity contribution in [1.29, 1.82) is 0 Å². The van der Waals surface area contributed by atoms with Crippen LogP contribution in [0.1, 0.15) is 45.1 Å². The lowest BCUT2D eigenvalue weighted by Crippen LogP contribution is -2.51. The van der Waals surface area contributed by atoms with Crippen molar-refractivity contribution in [2.24, 2.45) is 17.1 Å². The Balaban J connectivity index is 2.37. The average Bonchev–Trinajstić information content (AvgIpc) is 2.39. The van der Waals surface area contributed by atoms with Gasteiger partial charge in [-0.1, -0.05) is 31.9 Å². The number of rotatable bonds is 3. The molecule has 1 fully saturated rings. The SMILES string of the molecule is CC1CCCC(CN)(C(C)(O)c2ccc(F)cc2)C1. The van der Waals surface area contributed by atoms with Crippen LogP contribution in [0.5, 0.6) is 0 Å². The van der Waals surface area contributed by atoms with Crippen LogP contribution in [-0.4, -0.2) is 11.7 Å². The van der Waals surface area contributed by atoms with Crippen LogP contribution in [-0.2, 0) is 5.60 Å².